The highest BCUT2D eigenvalue weighted by atomic mass is 16.5. The maximum absolute atomic E-state index is 12.7. The highest BCUT2D eigenvalue weighted by molar-refractivity contribution is 5.73. The lowest BCUT2D eigenvalue weighted by Gasteiger charge is -2.25. The third-order valence-electron chi connectivity index (χ3n) is 7.26. The molecule has 0 bridgehead atoms. The average molecular weight is 479 g/mol. The van der Waals surface area contributed by atoms with Crippen LogP contribution in [-0.4, -0.2) is 18.7 Å². The molecule has 0 aliphatic heterocycles. The Labute approximate surface area is 213 Å². The van der Waals surface area contributed by atoms with Crippen LogP contribution in [0.2, 0.25) is 0 Å². The summed E-state index contributed by atoms with van der Waals surface area (Å²) in [6.45, 7) is 7.28. The van der Waals surface area contributed by atoms with E-state index in [1.54, 1.807) is 0 Å². The van der Waals surface area contributed by atoms with Crippen molar-refractivity contribution in [1.82, 2.24) is 0 Å². The summed E-state index contributed by atoms with van der Waals surface area (Å²) in [6, 6.07) is 15.4. The van der Waals surface area contributed by atoms with E-state index in [-0.39, 0.29) is 18.0 Å². The van der Waals surface area contributed by atoms with Gasteiger partial charge in [0, 0.05) is 0 Å². The van der Waals surface area contributed by atoms with Gasteiger partial charge < -0.3 is 9.47 Å². The first-order valence-electron chi connectivity index (χ1n) is 14.1. The Bertz CT molecular complexity index is 886. The predicted octanol–water partition coefficient (Wildman–Crippen LogP) is 8.05. The minimum atomic E-state index is 0.000470. The maximum Gasteiger partial charge on any atom is 0.309 e. The van der Waals surface area contributed by atoms with E-state index < -0.39 is 0 Å². The van der Waals surface area contributed by atoms with Crippen molar-refractivity contribution < 1.29 is 14.3 Å². The molecule has 2 aromatic rings. The number of unbranched alkanes of at least 4 members (excludes halogenated alkanes) is 5. The first-order chi connectivity index (χ1) is 17.1. The molecule has 192 valence electrons. The van der Waals surface area contributed by atoms with Crippen molar-refractivity contribution >= 4 is 5.97 Å². The molecule has 2 atom stereocenters. The van der Waals surface area contributed by atoms with Gasteiger partial charge in [0.25, 0.3) is 0 Å². The van der Waals surface area contributed by atoms with Gasteiger partial charge >= 0.3 is 5.97 Å². The Morgan fingerprint density at radius 1 is 0.886 bits per heavy atom. The summed E-state index contributed by atoms with van der Waals surface area (Å²) in [5, 5.41) is 0. The summed E-state index contributed by atoms with van der Waals surface area (Å²) in [5.74, 6) is 0.979. The van der Waals surface area contributed by atoms with Crippen LogP contribution in [0.4, 0.5) is 0 Å². The van der Waals surface area contributed by atoms with Gasteiger partial charge in [-0.2, -0.15) is 0 Å². The number of carbonyl (C=O) groups is 1. The monoisotopic (exact) mass is 478 g/mol. The van der Waals surface area contributed by atoms with E-state index in [1.165, 1.54) is 54.4 Å². The van der Waals surface area contributed by atoms with E-state index in [2.05, 4.69) is 56.3 Å². The summed E-state index contributed by atoms with van der Waals surface area (Å²) in [4.78, 5) is 12.7. The molecular formula is C32H46O3. The summed E-state index contributed by atoms with van der Waals surface area (Å²) in [5.41, 5.74) is 5.46. The lowest BCUT2D eigenvalue weighted by Crippen LogP contribution is -2.27. The SMILES string of the molecule is CCCCCC[C@H](C)OC(=O)C1CCc2cc(CCc3ccc(OCCCCC)cc3)ccc2C1. The Morgan fingerprint density at radius 3 is 2.37 bits per heavy atom. The number of carbonyl (C=O) groups excluding carboxylic acids is 1. The molecule has 3 nitrogen and oxygen atoms in total. The zero-order valence-corrected chi connectivity index (χ0v) is 22.3. The predicted molar refractivity (Wildman–Crippen MR) is 145 cm³/mol. The van der Waals surface area contributed by atoms with Gasteiger partial charge in [0.2, 0.25) is 0 Å². The molecule has 1 unspecified atom stereocenters. The molecule has 0 heterocycles. The lowest BCUT2D eigenvalue weighted by molar-refractivity contribution is -0.154. The Hall–Kier alpha value is -2.29. The molecule has 0 saturated carbocycles. The fourth-order valence-corrected chi connectivity index (χ4v) is 4.96. The van der Waals surface area contributed by atoms with Crippen LogP contribution in [0.5, 0.6) is 5.75 Å². The fourth-order valence-electron chi connectivity index (χ4n) is 4.96. The molecule has 1 aliphatic rings. The van der Waals surface area contributed by atoms with E-state index >= 15 is 0 Å². The Balaban J connectivity index is 1.43. The number of esters is 1. The number of ether oxygens (including phenoxy) is 2. The minimum Gasteiger partial charge on any atom is -0.494 e. The highest BCUT2D eigenvalue weighted by Gasteiger charge is 2.27. The molecule has 0 saturated heterocycles. The van der Waals surface area contributed by atoms with Crippen LogP contribution in [0, 0.1) is 5.92 Å². The van der Waals surface area contributed by atoms with Gasteiger partial charge in [-0.05, 0) is 92.7 Å². The molecule has 1 aliphatic carbocycles. The molecule has 0 aromatic heterocycles. The van der Waals surface area contributed by atoms with Crippen molar-refractivity contribution in [3.8, 4) is 5.75 Å². The number of fused-ring (bicyclic) bond motifs is 1. The van der Waals surface area contributed by atoms with Crippen molar-refractivity contribution in [2.45, 2.75) is 110 Å². The van der Waals surface area contributed by atoms with Crippen LogP contribution < -0.4 is 4.74 Å². The first-order valence-corrected chi connectivity index (χ1v) is 14.1. The van der Waals surface area contributed by atoms with Crippen LogP contribution in [-0.2, 0) is 35.2 Å². The van der Waals surface area contributed by atoms with Crippen LogP contribution in [0.3, 0.4) is 0 Å². The van der Waals surface area contributed by atoms with Crippen molar-refractivity contribution in [2.24, 2.45) is 5.92 Å². The summed E-state index contributed by atoms with van der Waals surface area (Å²) < 4.78 is 11.6. The minimum absolute atomic E-state index is 0.000470. The van der Waals surface area contributed by atoms with Gasteiger partial charge in [-0.3, -0.25) is 4.79 Å². The second kappa shape index (κ2) is 15.0. The van der Waals surface area contributed by atoms with Gasteiger partial charge in [-0.25, -0.2) is 0 Å². The topological polar surface area (TPSA) is 35.5 Å². The normalized spacial score (nSPS) is 15.9. The van der Waals surface area contributed by atoms with E-state index in [1.807, 2.05) is 6.92 Å². The molecule has 0 N–H and O–H groups in total. The molecule has 0 spiro atoms. The van der Waals surface area contributed by atoms with Crippen molar-refractivity contribution in [1.29, 1.82) is 0 Å². The third-order valence-corrected chi connectivity index (χ3v) is 7.26. The average Bonchev–Trinajstić information content (AvgIpc) is 2.88. The van der Waals surface area contributed by atoms with Crippen LogP contribution >= 0.6 is 0 Å². The standard InChI is InChI=1S/C32H46O3/c1-4-6-8-9-11-25(3)35-32(33)30-19-18-28-23-27(14-17-29(28)24-30)13-12-26-15-20-31(21-16-26)34-22-10-7-5-2/h14-17,20-21,23,25,30H,4-13,18-19,22,24H2,1-3H3/t25-,30?/m0/s1. The Morgan fingerprint density at radius 2 is 1.60 bits per heavy atom. The van der Waals surface area contributed by atoms with E-state index in [0.717, 1.165) is 63.7 Å². The highest BCUT2D eigenvalue weighted by Crippen LogP contribution is 2.28. The molecule has 3 heteroatoms. The summed E-state index contributed by atoms with van der Waals surface area (Å²) in [7, 11) is 0. The second-order valence-electron chi connectivity index (χ2n) is 10.3. The fraction of sp³-hybridized carbons (Fsp3) is 0.594. The van der Waals surface area contributed by atoms with Crippen molar-refractivity contribution in [3.63, 3.8) is 0 Å². The zero-order chi connectivity index (χ0) is 24.9. The molecule has 35 heavy (non-hydrogen) atoms. The number of hydrogen-bond donors (Lipinski definition) is 0. The Kier molecular flexibility index (Phi) is 11.7. The van der Waals surface area contributed by atoms with Crippen molar-refractivity contribution in [2.75, 3.05) is 6.61 Å². The largest absolute Gasteiger partial charge is 0.494 e. The van der Waals surface area contributed by atoms with Gasteiger partial charge in [-0.1, -0.05) is 76.3 Å². The summed E-state index contributed by atoms with van der Waals surface area (Å²) >= 11 is 0. The molecule has 0 fully saturated rings. The van der Waals surface area contributed by atoms with Gasteiger partial charge in [-0.15, -0.1) is 0 Å². The second-order valence-corrected chi connectivity index (χ2v) is 10.3. The van der Waals surface area contributed by atoms with Gasteiger partial charge in [0.05, 0.1) is 18.6 Å². The quantitative estimate of drug-likeness (QED) is 0.192. The van der Waals surface area contributed by atoms with E-state index in [4.69, 9.17) is 9.47 Å². The third kappa shape index (κ3) is 9.35. The van der Waals surface area contributed by atoms with Crippen LogP contribution in [0.15, 0.2) is 42.5 Å². The first kappa shape index (κ1) is 27.3. The smallest absolute Gasteiger partial charge is 0.309 e. The maximum atomic E-state index is 12.7. The van der Waals surface area contributed by atoms with Crippen LogP contribution in [0.25, 0.3) is 0 Å². The lowest BCUT2D eigenvalue weighted by atomic mass is 9.83. The van der Waals surface area contributed by atoms with Gasteiger partial charge in [0.1, 0.15) is 5.75 Å². The molecule has 0 amide bonds. The van der Waals surface area contributed by atoms with Crippen molar-refractivity contribution in [3.05, 3.63) is 64.7 Å². The van der Waals surface area contributed by atoms with E-state index in [9.17, 15) is 4.79 Å². The molecule has 0 radical (unpaired) electrons. The number of rotatable bonds is 15. The summed E-state index contributed by atoms with van der Waals surface area (Å²) in [6.07, 6.45) is 14.2. The zero-order valence-electron chi connectivity index (χ0n) is 22.3. The van der Waals surface area contributed by atoms with Crippen LogP contribution in [0.1, 0.15) is 101 Å². The number of benzene rings is 2. The molecule has 2 aromatic carbocycles. The van der Waals surface area contributed by atoms with E-state index in [0.29, 0.717) is 0 Å². The molecular weight excluding hydrogens is 432 g/mol. The van der Waals surface area contributed by atoms with Gasteiger partial charge in [0.15, 0.2) is 0 Å². The number of aryl methyl sites for hydroxylation is 3. The molecule has 3 rings (SSSR count). The number of hydrogen-bond acceptors (Lipinski definition) is 3.